The van der Waals surface area contributed by atoms with Gasteiger partial charge in [-0.1, -0.05) is 18.2 Å². The van der Waals surface area contributed by atoms with Gasteiger partial charge < -0.3 is 10.1 Å². The summed E-state index contributed by atoms with van der Waals surface area (Å²) in [6.07, 6.45) is 7.19. The normalized spacial score (nSPS) is 10.4. The van der Waals surface area contributed by atoms with Crippen LogP contribution in [0.5, 0.6) is 11.6 Å². The first-order valence-corrected chi connectivity index (χ1v) is 8.43. The van der Waals surface area contributed by atoms with Crippen molar-refractivity contribution < 1.29 is 4.74 Å². The maximum atomic E-state index is 5.83. The lowest BCUT2D eigenvalue weighted by Gasteiger charge is -2.12. The number of nitrogens with one attached hydrogen (secondary N) is 1. The fraction of sp³-hybridized carbons (Fsp3) is 0.0455. The number of anilines is 2. The van der Waals surface area contributed by atoms with Gasteiger partial charge in [0.1, 0.15) is 11.6 Å². The minimum Gasteiger partial charge on any atom is -0.439 e. The van der Waals surface area contributed by atoms with Crippen LogP contribution in [0.2, 0.25) is 0 Å². The van der Waals surface area contributed by atoms with Crippen LogP contribution in [0.25, 0.3) is 10.9 Å². The van der Waals surface area contributed by atoms with Gasteiger partial charge in [-0.2, -0.15) is 0 Å². The van der Waals surface area contributed by atoms with E-state index in [2.05, 4.69) is 26.2 Å². The van der Waals surface area contributed by atoms with E-state index in [4.69, 9.17) is 11.2 Å². The first kappa shape index (κ1) is 16.6. The molecule has 0 spiro atoms. The predicted octanol–water partition coefficient (Wildman–Crippen LogP) is 4.85. The molecule has 0 saturated carbocycles. The molecule has 2 aromatic heterocycles. The van der Waals surface area contributed by atoms with Crippen LogP contribution in [0.15, 0.2) is 66.9 Å². The zero-order valence-electron chi connectivity index (χ0n) is 14.7. The van der Waals surface area contributed by atoms with Crippen molar-refractivity contribution in [1.29, 1.82) is 0 Å². The van der Waals surface area contributed by atoms with Gasteiger partial charge in [0.25, 0.3) is 0 Å². The van der Waals surface area contributed by atoms with Crippen molar-refractivity contribution in [1.82, 2.24) is 15.0 Å². The number of aryl methyl sites for hydroxylation is 1. The number of fused-ring (bicyclic) bond motifs is 1. The van der Waals surface area contributed by atoms with Gasteiger partial charge in [-0.05, 0) is 54.8 Å². The number of benzene rings is 2. The Labute approximate surface area is 157 Å². The number of ether oxygens (including phenoxy) is 1. The molecule has 0 atom stereocenters. The van der Waals surface area contributed by atoms with Crippen LogP contribution < -0.4 is 10.1 Å². The van der Waals surface area contributed by atoms with Crippen LogP contribution in [0.4, 0.5) is 11.5 Å². The average Bonchev–Trinajstić information content (AvgIpc) is 2.70. The van der Waals surface area contributed by atoms with Gasteiger partial charge in [-0.15, -0.1) is 6.42 Å². The third-order valence-electron chi connectivity index (χ3n) is 4.02. The van der Waals surface area contributed by atoms with E-state index in [1.165, 1.54) is 0 Å². The zero-order valence-corrected chi connectivity index (χ0v) is 14.7. The van der Waals surface area contributed by atoms with Gasteiger partial charge >= 0.3 is 0 Å². The second kappa shape index (κ2) is 7.14. The molecule has 0 bridgehead atoms. The van der Waals surface area contributed by atoms with Crippen molar-refractivity contribution in [3.8, 4) is 24.0 Å². The lowest BCUT2D eigenvalue weighted by molar-refractivity contribution is 0.459. The van der Waals surface area contributed by atoms with Crippen molar-refractivity contribution in [3.05, 3.63) is 78.2 Å². The van der Waals surface area contributed by atoms with Crippen molar-refractivity contribution in [2.24, 2.45) is 0 Å². The topological polar surface area (TPSA) is 59.9 Å². The fourth-order valence-corrected chi connectivity index (χ4v) is 2.73. The Morgan fingerprint density at radius 3 is 2.63 bits per heavy atom. The minimum atomic E-state index is 0.350. The monoisotopic (exact) mass is 352 g/mol. The van der Waals surface area contributed by atoms with Gasteiger partial charge in [0, 0.05) is 23.3 Å². The fourth-order valence-electron chi connectivity index (χ4n) is 2.73. The SMILES string of the molecule is C#Cc1nc(Nc2ccc(Oc3ccccn3)c(C)c2)c2ccccc2n1. The Bertz CT molecular complexity index is 1150. The number of hydrogen-bond acceptors (Lipinski definition) is 5. The summed E-state index contributed by atoms with van der Waals surface area (Å²) in [6.45, 7) is 1.98. The second-order valence-electron chi connectivity index (χ2n) is 5.93. The molecule has 2 heterocycles. The predicted molar refractivity (Wildman–Crippen MR) is 106 cm³/mol. The Morgan fingerprint density at radius 1 is 1.00 bits per heavy atom. The number of rotatable bonds is 4. The summed E-state index contributed by atoms with van der Waals surface area (Å²) in [5.74, 6) is 4.83. The van der Waals surface area contributed by atoms with E-state index in [-0.39, 0.29) is 0 Å². The second-order valence-corrected chi connectivity index (χ2v) is 5.93. The standard InChI is InChI=1S/C22H16N4O/c1-3-20-25-18-9-5-4-8-17(18)22(26-20)24-16-11-12-19(15(2)14-16)27-21-10-6-7-13-23-21/h1,4-14H,2H3,(H,24,25,26). The van der Waals surface area contributed by atoms with Gasteiger partial charge in [0.05, 0.1) is 5.52 Å². The van der Waals surface area contributed by atoms with Crippen LogP contribution in [-0.4, -0.2) is 15.0 Å². The van der Waals surface area contributed by atoms with E-state index in [0.29, 0.717) is 17.5 Å². The van der Waals surface area contributed by atoms with E-state index in [0.717, 1.165) is 27.9 Å². The first-order valence-electron chi connectivity index (χ1n) is 8.43. The van der Waals surface area contributed by atoms with Crippen LogP contribution >= 0.6 is 0 Å². The minimum absolute atomic E-state index is 0.350. The molecule has 0 aliphatic carbocycles. The molecular weight excluding hydrogens is 336 g/mol. The van der Waals surface area contributed by atoms with E-state index >= 15 is 0 Å². The van der Waals surface area contributed by atoms with Crippen molar-refractivity contribution in [2.75, 3.05) is 5.32 Å². The molecule has 27 heavy (non-hydrogen) atoms. The maximum Gasteiger partial charge on any atom is 0.219 e. The van der Waals surface area contributed by atoms with Crippen molar-refractivity contribution in [2.45, 2.75) is 6.92 Å². The quantitative estimate of drug-likeness (QED) is 0.532. The first-order chi connectivity index (χ1) is 13.2. The lowest BCUT2D eigenvalue weighted by atomic mass is 10.2. The van der Waals surface area contributed by atoms with Crippen LogP contribution in [0.1, 0.15) is 11.4 Å². The Morgan fingerprint density at radius 2 is 1.85 bits per heavy atom. The summed E-state index contributed by atoms with van der Waals surface area (Å²) in [6, 6.07) is 19.1. The zero-order chi connectivity index (χ0) is 18.6. The molecule has 4 aromatic rings. The number of pyridine rings is 1. The number of nitrogens with zero attached hydrogens (tertiary/aromatic N) is 3. The summed E-state index contributed by atoms with van der Waals surface area (Å²) >= 11 is 0. The highest BCUT2D eigenvalue weighted by Crippen LogP contribution is 2.29. The van der Waals surface area contributed by atoms with Crippen LogP contribution in [0, 0.1) is 19.3 Å². The molecule has 0 unspecified atom stereocenters. The Kier molecular flexibility index (Phi) is 4.38. The third-order valence-corrected chi connectivity index (χ3v) is 4.02. The molecule has 0 amide bonds. The molecule has 0 radical (unpaired) electrons. The van der Waals surface area contributed by atoms with Gasteiger partial charge in [-0.3, -0.25) is 0 Å². The molecule has 1 N–H and O–H groups in total. The number of hydrogen-bond donors (Lipinski definition) is 1. The highest BCUT2D eigenvalue weighted by atomic mass is 16.5. The van der Waals surface area contributed by atoms with Gasteiger partial charge in [0.15, 0.2) is 0 Å². The Balaban J connectivity index is 1.65. The smallest absolute Gasteiger partial charge is 0.219 e. The number of para-hydroxylation sites is 1. The van der Waals surface area contributed by atoms with Gasteiger partial charge in [0.2, 0.25) is 11.7 Å². The summed E-state index contributed by atoms with van der Waals surface area (Å²) in [4.78, 5) is 13.0. The molecule has 5 nitrogen and oxygen atoms in total. The van der Waals surface area contributed by atoms with Crippen LogP contribution in [-0.2, 0) is 0 Å². The molecule has 5 heteroatoms. The maximum absolute atomic E-state index is 5.83. The highest BCUT2D eigenvalue weighted by Gasteiger charge is 2.08. The van der Waals surface area contributed by atoms with E-state index in [9.17, 15) is 0 Å². The van der Waals surface area contributed by atoms with Gasteiger partial charge in [-0.25, -0.2) is 15.0 Å². The molecule has 2 aromatic carbocycles. The lowest BCUT2D eigenvalue weighted by Crippen LogP contribution is -2.00. The average molecular weight is 352 g/mol. The number of terminal acetylenes is 1. The highest BCUT2D eigenvalue weighted by molar-refractivity contribution is 5.91. The largest absolute Gasteiger partial charge is 0.439 e. The molecule has 0 fully saturated rings. The summed E-state index contributed by atoms with van der Waals surface area (Å²) in [7, 11) is 0. The van der Waals surface area contributed by atoms with E-state index in [1.54, 1.807) is 6.20 Å². The molecule has 4 rings (SSSR count). The van der Waals surface area contributed by atoms with Crippen LogP contribution in [0.3, 0.4) is 0 Å². The molecule has 0 aliphatic heterocycles. The Hall–Kier alpha value is -3.91. The van der Waals surface area contributed by atoms with Crippen molar-refractivity contribution in [3.63, 3.8) is 0 Å². The molecule has 0 aliphatic rings. The summed E-state index contributed by atoms with van der Waals surface area (Å²) < 4.78 is 5.83. The van der Waals surface area contributed by atoms with E-state index in [1.807, 2.05) is 67.6 Å². The van der Waals surface area contributed by atoms with Crippen molar-refractivity contribution >= 4 is 22.4 Å². The molecule has 130 valence electrons. The van der Waals surface area contributed by atoms with E-state index < -0.39 is 0 Å². The molecular formula is C22H16N4O. The summed E-state index contributed by atoms with van der Waals surface area (Å²) in [5, 5.41) is 4.24. The number of aromatic nitrogens is 3. The third kappa shape index (κ3) is 3.55. The molecule has 0 saturated heterocycles. The summed E-state index contributed by atoms with van der Waals surface area (Å²) in [5.41, 5.74) is 2.66.